The van der Waals surface area contributed by atoms with Crippen LogP contribution in [0.15, 0.2) is 26.8 Å². The molecule has 5 heteroatoms. The van der Waals surface area contributed by atoms with Crippen LogP contribution in [0.25, 0.3) is 0 Å². The molecule has 1 atom stereocenters. The van der Waals surface area contributed by atoms with E-state index in [1.54, 1.807) is 6.26 Å². The van der Waals surface area contributed by atoms with Crippen LogP contribution in [0.4, 0.5) is 0 Å². The van der Waals surface area contributed by atoms with Crippen molar-refractivity contribution in [3.05, 3.63) is 18.1 Å². The number of oxime groups is 1. The molecule has 0 saturated heterocycles. The van der Waals surface area contributed by atoms with Crippen LogP contribution in [-0.2, 0) is 0 Å². The first kappa shape index (κ1) is 9.98. The lowest BCUT2D eigenvalue weighted by Crippen LogP contribution is -2.23. The number of rotatable bonds is 3. The van der Waals surface area contributed by atoms with Gasteiger partial charge in [0.15, 0.2) is 5.84 Å². The number of nitrogens with two attached hydrogens (primary N) is 1. The topological polar surface area (TPSA) is 71.8 Å². The number of aryl methyl sites for hydroxylation is 1. The summed E-state index contributed by atoms with van der Waals surface area (Å²) in [4.78, 5) is 1.01. The summed E-state index contributed by atoms with van der Waals surface area (Å²) < 4.78 is 5.11. The van der Waals surface area contributed by atoms with E-state index in [0.717, 1.165) is 10.7 Å². The van der Waals surface area contributed by atoms with Gasteiger partial charge in [0.05, 0.1) is 11.5 Å². The zero-order chi connectivity index (χ0) is 9.84. The highest BCUT2D eigenvalue weighted by Crippen LogP contribution is 2.27. The summed E-state index contributed by atoms with van der Waals surface area (Å²) in [6.45, 7) is 3.74. The first-order valence-electron chi connectivity index (χ1n) is 3.83. The molecule has 0 aliphatic heterocycles. The highest BCUT2D eigenvalue weighted by Gasteiger charge is 2.11. The molecular weight excluding hydrogens is 188 g/mol. The van der Waals surface area contributed by atoms with Gasteiger partial charge in [-0.15, -0.1) is 11.8 Å². The molecule has 0 amide bonds. The minimum absolute atomic E-state index is 0.0544. The molecule has 0 aliphatic rings. The monoisotopic (exact) mass is 200 g/mol. The third-order valence-electron chi connectivity index (χ3n) is 1.65. The van der Waals surface area contributed by atoms with Crippen LogP contribution in [-0.4, -0.2) is 16.3 Å². The van der Waals surface area contributed by atoms with Gasteiger partial charge in [-0.25, -0.2) is 0 Å². The molecule has 1 unspecified atom stereocenters. The van der Waals surface area contributed by atoms with Crippen molar-refractivity contribution < 1.29 is 9.62 Å². The first-order chi connectivity index (χ1) is 6.15. The fourth-order valence-electron chi connectivity index (χ4n) is 0.828. The molecule has 0 aromatic carbocycles. The van der Waals surface area contributed by atoms with Gasteiger partial charge in [-0.3, -0.25) is 0 Å². The van der Waals surface area contributed by atoms with E-state index >= 15 is 0 Å². The predicted molar refractivity (Wildman–Crippen MR) is 52.2 cm³/mol. The summed E-state index contributed by atoms with van der Waals surface area (Å²) in [6.07, 6.45) is 1.62. The maximum atomic E-state index is 8.43. The molecule has 0 radical (unpaired) electrons. The van der Waals surface area contributed by atoms with Gasteiger partial charge in [-0.2, -0.15) is 0 Å². The van der Waals surface area contributed by atoms with E-state index in [9.17, 15) is 0 Å². The van der Waals surface area contributed by atoms with Crippen LogP contribution < -0.4 is 5.73 Å². The highest BCUT2D eigenvalue weighted by molar-refractivity contribution is 8.00. The lowest BCUT2D eigenvalue weighted by atomic mass is 10.4. The quantitative estimate of drug-likeness (QED) is 0.257. The van der Waals surface area contributed by atoms with Crippen molar-refractivity contribution >= 4 is 17.6 Å². The van der Waals surface area contributed by atoms with E-state index in [1.807, 2.05) is 19.9 Å². The Morgan fingerprint density at radius 2 is 2.46 bits per heavy atom. The Kier molecular flexibility index (Phi) is 3.25. The second-order valence-electron chi connectivity index (χ2n) is 2.63. The Balaban J connectivity index is 2.65. The van der Waals surface area contributed by atoms with Crippen molar-refractivity contribution in [2.75, 3.05) is 0 Å². The van der Waals surface area contributed by atoms with Crippen LogP contribution in [0.5, 0.6) is 0 Å². The average molecular weight is 200 g/mol. The summed E-state index contributed by atoms with van der Waals surface area (Å²) in [6, 6.07) is 1.86. The van der Waals surface area contributed by atoms with E-state index in [1.165, 1.54) is 11.8 Å². The van der Waals surface area contributed by atoms with Gasteiger partial charge in [0, 0.05) is 4.90 Å². The summed E-state index contributed by atoms with van der Waals surface area (Å²) in [5, 5.41) is 11.3. The Labute approximate surface area is 80.8 Å². The Hall–Kier alpha value is -1.10. The Morgan fingerprint density at radius 1 is 1.77 bits per heavy atom. The van der Waals surface area contributed by atoms with Crippen molar-refractivity contribution in [2.45, 2.75) is 24.0 Å². The van der Waals surface area contributed by atoms with E-state index in [4.69, 9.17) is 15.4 Å². The van der Waals surface area contributed by atoms with Gasteiger partial charge >= 0.3 is 0 Å². The molecule has 13 heavy (non-hydrogen) atoms. The average Bonchev–Trinajstić information content (AvgIpc) is 2.50. The largest absolute Gasteiger partial charge is 0.468 e. The number of thioether (sulfide) groups is 1. The molecule has 1 rings (SSSR count). The molecule has 0 saturated carbocycles. The van der Waals surface area contributed by atoms with Gasteiger partial charge in [-0.1, -0.05) is 5.16 Å². The van der Waals surface area contributed by atoms with Crippen molar-refractivity contribution in [3.63, 3.8) is 0 Å². The van der Waals surface area contributed by atoms with Gasteiger partial charge < -0.3 is 15.4 Å². The molecule has 1 aromatic heterocycles. The lowest BCUT2D eigenvalue weighted by molar-refractivity contribution is 0.317. The molecule has 0 aliphatic carbocycles. The van der Waals surface area contributed by atoms with Crippen LogP contribution in [0.2, 0.25) is 0 Å². The number of amidine groups is 1. The maximum absolute atomic E-state index is 8.43. The summed E-state index contributed by atoms with van der Waals surface area (Å²) in [7, 11) is 0. The highest BCUT2D eigenvalue weighted by atomic mass is 32.2. The second kappa shape index (κ2) is 4.23. The smallest absolute Gasteiger partial charge is 0.152 e. The van der Waals surface area contributed by atoms with Crippen LogP contribution in [0.3, 0.4) is 0 Å². The molecule has 72 valence electrons. The number of nitrogens with zero attached hydrogens (tertiary/aromatic N) is 1. The molecule has 3 N–H and O–H groups in total. The maximum Gasteiger partial charge on any atom is 0.152 e. The molecule has 0 bridgehead atoms. The van der Waals surface area contributed by atoms with Crippen LogP contribution >= 0.6 is 11.8 Å². The Bertz CT molecular complexity index is 309. The normalized spacial score (nSPS) is 14.5. The zero-order valence-corrected chi connectivity index (χ0v) is 8.34. The minimum Gasteiger partial charge on any atom is -0.468 e. The lowest BCUT2D eigenvalue weighted by Gasteiger charge is -2.07. The van der Waals surface area contributed by atoms with Gasteiger partial charge in [0.1, 0.15) is 5.76 Å². The molecule has 0 spiro atoms. The van der Waals surface area contributed by atoms with Gasteiger partial charge in [0.25, 0.3) is 0 Å². The van der Waals surface area contributed by atoms with Crippen molar-refractivity contribution in [1.82, 2.24) is 0 Å². The van der Waals surface area contributed by atoms with Crippen molar-refractivity contribution in [1.29, 1.82) is 0 Å². The molecule has 1 heterocycles. The molecule has 4 nitrogen and oxygen atoms in total. The fourth-order valence-corrected chi connectivity index (χ4v) is 1.72. The number of hydrogen-bond donors (Lipinski definition) is 2. The fraction of sp³-hybridized carbons (Fsp3) is 0.375. The SMILES string of the molecule is Cc1occc1SC(C)/C(N)=N/O. The molecule has 1 aromatic rings. The first-order valence-corrected chi connectivity index (χ1v) is 4.71. The summed E-state index contributed by atoms with van der Waals surface area (Å²) >= 11 is 1.50. The third-order valence-corrected chi connectivity index (χ3v) is 2.92. The van der Waals surface area contributed by atoms with Crippen LogP contribution in [0, 0.1) is 6.92 Å². The van der Waals surface area contributed by atoms with E-state index in [2.05, 4.69) is 5.16 Å². The standard InChI is InChI=1S/C8H12N2O2S/c1-5-7(3-4-12-5)13-6(2)8(9)10-11/h3-4,6,11H,1-2H3,(H2,9,10). The minimum atomic E-state index is -0.0544. The third kappa shape index (κ3) is 2.42. The van der Waals surface area contributed by atoms with E-state index < -0.39 is 0 Å². The molecule has 0 fully saturated rings. The van der Waals surface area contributed by atoms with Crippen molar-refractivity contribution in [2.24, 2.45) is 10.9 Å². The number of hydrogen-bond acceptors (Lipinski definition) is 4. The summed E-state index contributed by atoms with van der Waals surface area (Å²) in [5.41, 5.74) is 5.43. The second-order valence-corrected chi connectivity index (χ2v) is 4.01. The van der Waals surface area contributed by atoms with E-state index in [0.29, 0.717) is 0 Å². The predicted octanol–water partition coefficient (Wildman–Crippen LogP) is 1.82. The summed E-state index contributed by atoms with van der Waals surface area (Å²) in [5.74, 6) is 1.06. The van der Waals surface area contributed by atoms with Gasteiger partial charge in [-0.05, 0) is 19.9 Å². The zero-order valence-electron chi connectivity index (χ0n) is 7.52. The van der Waals surface area contributed by atoms with Crippen molar-refractivity contribution in [3.8, 4) is 0 Å². The molecular formula is C8H12N2O2S. The number of furan rings is 1. The Morgan fingerprint density at radius 3 is 2.92 bits per heavy atom. The van der Waals surface area contributed by atoms with Gasteiger partial charge in [0.2, 0.25) is 0 Å². The van der Waals surface area contributed by atoms with Crippen LogP contribution in [0.1, 0.15) is 12.7 Å². The van der Waals surface area contributed by atoms with E-state index in [-0.39, 0.29) is 11.1 Å².